The van der Waals surface area contributed by atoms with E-state index in [4.69, 9.17) is 16.0 Å². The third kappa shape index (κ3) is 5.20. The first kappa shape index (κ1) is 22.5. The summed E-state index contributed by atoms with van der Waals surface area (Å²) in [5.74, 6) is 0.291. The van der Waals surface area contributed by atoms with Crippen LogP contribution in [0.2, 0.25) is 5.02 Å². The Morgan fingerprint density at radius 1 is 1.16 bits per heavy atom. The van der Waals surface area contributed by atoms with Gasteiger partial charge < -0.3 is 4.42 Å². The predicted molar refractivity (Wildman–Crippen MR) is 127 cm³/mol. The quantitative estimate of drug-likeness (QED) is 0.320. The second kappa shape index (κ2) is 9.44. The van der Waals surface area contributed by atoms with Crippen LogP contribution in [-0.2, 0) is 21.2 Å². The van der Waals surface area contributed by atoms with Crippen LogP contribution in [0, 0.1) is 6.92 Å². The first-order valence-corrected chi connectivity index (χ1v) is 12.8. The maximum absolute atomic E-state index is 13.1. The number of benzene rings is 2. The number of aromatic nitrogens is 1. The van der Waals surface area contributed by atoms with E-state index < -0.39 is 9.84 Å². The molecule has 0 saturated heterocycles. The van der Waals surface area contributed by atoms with Crippen molar-refractivity contribution in [2.75, 3.05) is 10.7 Å². The van der Waals surface area contributed by atoms with Gasteiger partial charge in [0.15, 0.2) is 15.0 Å². The number of furan rings is 1. The molecule has 4 rings (SSSR count). The Balaban J connectivity index is 1.50. The fourth-order valence-corrected chi connectivity index (χ4v) is 5.78. The number of amides is 1. The molecule has 0 spiro atoms. The van der Waals surface area contributed by atoms with Crippen LogP contribution >= 0.6 is 22.9 Å². The lowest BCUT2D eigenvalue weighted by Crippen LogP contribution is -2.30. The Labute approximate surface area is 195 Å². The highest BCUT2D eigenvalue weighted by Gasteiger charge is 2.22. The predicted octanol–water partition coefficient (Wildman–Crippen LogP) is 5.64. The summed E-state index contributed by atoms with van der Waals surface area (Å²) < 4.78 is 31.6. The minimum atomic E-state index is -3.50. The molecule has 2 aromatic heterocycles. The molecule has 0 N–H and O–H groups in total. The van der Waals surface area contributed by atoms with Crippen LogP contribution in [0.5, 0.6) is 0 Å². The van der Waals surface area contributed by atoms with Gasteiger partial charge >= 0.3 is 0 Å². The summed E-state index contributed by atoms with van der Waals surface area (Å²) >= 11 is 7.27. The maximum Gasteiger partial charge on any atom is 0.229 e. The number of carbonyl (C=O) groups excluding carboxylic acids is 1. The number of aryl methyl sites for hydroxylation is 1. The van der Waals surface area contributed by atoms with Crippen LogP contribution < -0.4 is 4.90 Å². The molecule has 4 aromatic rings. The van der Waals surface area contributed by atoms with Crippen molar-refractivity contribution in [3.63, 3.8) is 0 Å². The standard InChI is InChI=1S/C23H21ClN2O4S2/c1-16-6-11-20-21(14-16)31-23(25-20)26(15-18-4-2-12-30-18)22(27)5-3-13-32(28,29)19-9-7-17(24)8-10-19/h2,4,6-12,14H,3,5,13,15H2,1H3. The molecule has 0 fully saturated rings. The molecule has 0 radical (unpaired) electrons. The van der Waals surface area contributed by atoms with Gasteiger partial charge in [0, 0.05) is 11.4 Å². The van der Waals surface area contributed by atoms with E-state index in [0.29, 0.717) is 15.9 Å². The summed E-state index contributed by atoms with van der Waals surface area (Å²) in [5.41, 5.74) is 1.93. The van der Waals surface area contributed by atoms with E-state index in [0.717, 1.165) is 15.8 Å². The van der Waals surface area contributed by atoms with E-state index >= 15 is 0 Å². The average Bonchev–Trinajstić information content (AvgIpc) is 3.41. The number of nitrogens with zero attached hydrogens (tertiary/aromatic N) is 2. The van der Waals surface area contributed by atoms with Gasteiger partial charge in [-0.15, -0.1) is 0 Å². The minimum Gasteiger partial charge on any atom is -0.467 e. The second-order valence-electron chi connectivity index (χ2n) is 7.40. The summed E-state index contributed by atoms with van der Waals surface area (Å²) in [6.45, 7) is 2.24. The van der Waals surface area contributed by atoms with Crippen LogP contribution in [0.3, 0.4) is 0 Å². The normalized spacial score (nSPS) is 11.7. The lowest BCUT2D eigenvalue weighted by atomic mass is 10.2. The number of hydrogen-bond acceptors (Lipinski definition) is 6. The van der Waals surface area contributed by atoms with Crippen molar-refractivity contribution in [3.8, 4) is 0 Å². The third-order valence-electron chi connectivity index (χ3n) is 4.94. The fraction of sp³-hybridized carbons (Fsp3) is 0.217. The van der Waals surface area contributed by atoms with Gasteiger partial charge in [0.25, 0.3) is 0 Å². The van der Waals surface area contributed by atoms with E-state index in [1.165, 1.54) is 23.5 Å². The van der Waals surface area contributed by atoms with Crippen molar-refractivity contribution in [2.24, 2.45) is 0 Å². The molecular weight excluding hydrogens is 468 g/mol. The highest BCUT2D eigenvalue weighted by Crippen LogP contribution is 2.31. The number of halogens is 1. The summed E-state index contributed by atoms with van der Waals surface area (Å²) in [4.78, 5) is 19.5. The molecule has 1 amide bonds. The summed E-state index contributed by atoms with van der Waals surface area (Å²) in [6.07, 6.45) is 1.82. The van der Waals surface area contributed by atoms with Gasteiger partial charge in [0.2, 0.25) is 5.91 Å². The molecular formula is C23H21ClN2O4S2. The topological polar surface area (TPSA) is 80.5 Å². The van der Waals surface area contributed by atoms with Gasteiger partial charge in [-0.2, -0.15) is 0 Å². The highest BCUT2D eigenvalue weighted by atomic mass is 35.5. The molecule has 9 heteroatoms. The Hall–Kier alpha value is -2.68. The van der Waals surface area contributed by atoms with Gasteiger partial charge in [-0.3, -0.25) is 9.69 Å². The van der Waals surface area contributed by atoms with Gasteiger partial charge in [0.1, 0.15) is 5.76 Å². The minimum absolute atomic E-state index is 0.0719. The average molecular weight is 489 g/mol. The van der Waals surface area contributed by atoms with Gasteiger partial charge in [-0.1, -0.05) is 29.0 Å². The van der Waals surface area contributed by atoms with Gasteiger partial charge in [-0.25, -0.2) is 13.4 Å². The molecule has 0 aliphatic rings. The van der Waals surface area contributed by atoms with E-state index in [2.05, 4.69) is 4.98 Å². The van der Waals surface area contributed by atoms with Crippen LogP contribution in [0.25, 0.3) is 10.2 Å². The molecule has 2 aromatic carbocycles. The zero-order chi connectivity index (χ0) is 22.7. The van der Waals surface area contributed by atoms with E-state index in [1.807, 2.05) is 25.1 Å². The van der Waals surface area contributed by atoms with Gasteiger partial charge in [-0.05, 0) is 67.4 Å². The molecule has 0 atom stereocenters. The number of anilines is 1. The molecule has 6 nitrogen and oxygen atoms in total. The first-order chi connectivity index (χ1) is 15.3. The van der Waals surface area contributed by atoms with Crippen molar-refractivity contribution >= 4 is 54.0 Å². The molecule has 166 valence electrons. The summed E-state index contributed by atoms with van der Waals surface area (Å²) in [6, 6.07) is 15.5. The highest BCUT2D eigenvalue weighted by molar-refractivity contribution is 7.91. The van der Waals surface area contributed by atoms with Crippen molar-refractivity contribution < 1.29 is 17.6 Å². The Morgan fingerprint density at radius 3 is 2.66 bits per heavy atom. The number of hydrogen-bond donors (Lipinski definition) is 0. The lowest BCUT2D eigenvalue weighted by Gasteiger charge is -2.18. The smallest absolute Gasteiger partial charge is 0.229 e. The number of thiazole rings is 1. The molecule has 32 heavy (non-hydrogen) atoms. The molecule has 0 aliphatic carbocycles. The monoisotopic (exact) mass is 488 g/mol. The van der Waals surface area contributed by atoms with Crippen LogP contribution in [-0.4, -0.2) is 25.1 Å². The first-order valence-electron chi connectivity index (χ1n) is 10.00. The third-order valence-corrected chi connectivity index (χ3v) is 8.04. The second-order valence-corrected chi connectivity index (χ2v) is 11.0. The zero-order valence-electron chi connectivity index (χ0n) is 17.3. The maximum atomic E-state index is 13.1. The number of rotatable bonds is 8. The van der Waals surface area contributed by atoms with Crippen LogP contribution in [0.1, 0.15) is 24.2 Å². The van der Waals surface area contributed by atoms with Crippen molar-refractivity contribution in [2.45, 2.75) is 31.2 Å². The largest absolute Gasteiger partial charge is 0.467 e. The van der Waals surface area contributed by atoms with Crippen LogP contribution in [0.4, 0.5) is 5.13 Å². The molecule has 0 unspecified atom stereocenters. The lowest BCUT2D eigenvalue weighted by molar-refractivity contribution is -0.118. The molecule has 0 bridgehead atoms. The number of carbonyl (C=O) groups is 1. The molecule has 0 aliphatic heterocycles. The Bertz CT molecular complexity index is 1330. The van der Waals surface area contributed by atoms with E-state index in [-0.39, 0.29) is 35.9 Å². The Kier molecular flexibility index (Phi) is 6.64. The fourth-order valence-electron chi connectivity index (χ4n) is 3.26. The zero-order valence-corrected chi connectivity index (χ0v) is 19.7. The number of fused-ring (bicyclic) bond motifs is 1. The van der Waals surface area contributed by atoms with Crippen LogP contribution in [0.15, 0.2) is 70.2 Å². The molecule has 2 heterocycles. The van der Waals surface area contributed by atoms with Gasteiger partial charge in [0.05, 0.1) is 33.7 Å². The Morgan fingerprint density at radius 2 is 1.94 bits per heavy atom. The molecule has 0 saturated carbocycles. The van der Waals surface area contributed by atoms with Crippen molar-refractivity contribution in [1.82, 2.24) is 4.98 Å². The number of sulfone groups is 1. The SMILES string of the molecule is Cc1ccc2nc(N(Cc3ccco3)C(=O)CCCS(=O)(=O)c3ccc(Cl)cc3)sc2c1. The summed E-state index contributed by atoms with van der Waals surface area (Å²) in [5, 5.41) is 1.03. The van der Waals surface area contributed by atoms with E-state index in [9.17, 15) is 13.2 Å². The van der Waals surface area contributed by atoms with E-state index in [1.54, 1.807) is 35.4 Å². The van der Waals surface area contributed by atoms with Crippen molar-refractivity contribution in [1.29, 1.82) is 0 Å². The van der Waals surface area contributed by atoms with Crippen molar-refractivity contribution in [3.05, 3.63) is 77.2 Å². The summed E-state index contributed by atoms with van der Waals surface area (Å²) in [7, 11) is -3.50.